The molecule has 7 nitrogen and oxygen atoms in total. The number of Topliss-reactive ketones (excluding diaryl/α,β-unsaturated/α-hetero) is 2. The van der Waals surface area contributed by atoms with Crippen LogP contribution in [0.4, 0.5) is 11.6 Å². The van der Waals surface area contributed by atoms with Gasteiger partial charge in [0, 0.05) is 38.1 Å². The summed E-state index contributed by atoms with van der Waals surface area (Å²) in [6, 6.07) is 5.00. The van der Waals surface area contributed by atoms with Gasteiger partial charge in [0.05, 0.1) is 11.1 Å². The van der Waals surface area contributed by atoms with E-state index in [0.717, 1.165) is 0 Å². The number of ketones is 2. The van der Waals surface area contributed by atoms with Crippen molar-refractivity contribution in [3.8, 4) is 0 Å². The number of nitrogens with zero attached hydrogens (tertiary/aromatic N) is 3. The van der Waals surface area contributed by atoms with Crippen LogP contribution in [0.2, 0.25) is 0 Å². The summed E-state index contributed by atoms with van der Waals surface area (Å²) in [5, 5.41) is 20.4. The van der Waals surface area contributed by atoms with E-state index in [2.05, 4.69) is 15.0 Å². The summed E-state index contributed by atoms with van der Waals surface area (Å²) in [7, 11) is 0. The van der Waals surface area contributed by atoms with Crippen molar-refractivity contribution in [3.05, 3.63) is 40.9 Å². The minimum Gasteiger partial charge on any atom is -0.511 e. The first kappa shape index (κ1) is 21.6. The fourth-order valence-electron chi connectivity index (χ4n) is 3.71. The minimum atomic E-state index is -0.266. The lowest BCUT2D eigenvalue weighted by Crippen LogP contribution is -2.26. The lowest BCUT2D eigenvalue weighted by atomic mass is 9.77. The van der Waals surface area contributed by atoms with E-state index in [9.17, 15) is 19.8 Å². The molecule has 0 radical (unpaired) electrons. The van der Waals surface area contributed by atoms with Crippen molar-refractivity contribution in [3.63, 3.8) is 0 Å². The highest BCUT2D eigenvalue weighted by molar-refractivity contribution is 6.15. The highest BCUT2D eigenvalue weighted by atomic mass is 16.3. The van der Waals surface area contributed by atoms with Crippen molar-refractivity contribution in [2.24, 2.45) is 20.8 Å². The Labute approximate surface area is 176 Å². The summed E-state index contributed by atoms with van der Waals surface area (Å²) in [5.74, 6) is 0.407. The Hall–Kier alpha value is -3.09. The molecule has 30 heavy (non-hydrogen) atoms. The molecule has 0 saturated carbocycles. The van der Waals surface area contributed by atoms with E-state index >= 15 is 0 Å². The van der Waals surface area contributed by atoms with Gasteiger partial charge in [0.15, 0.2) is 23.2 Å². The van der Waals surface area contributed by atoms with E-state index in [1.165, 1.54) is 12.4 Å². The van der Waals surface area contributed by atoms with Crippen molar-refractivity contribution in [2.75, 3.05) is 0 Å². The summed E-state index contributed by atoms with van der Waals surface area (Å²) in [5.41, 5.74) is -0.125. The lowest BCUT2D eigenvalue weighted by Gasteiger charge is -2.28. The maximum atomic E-state index is 12.3. The van der Waals surface area contributed by atoms with E-state index in [1.807, 2.05) is 27.7 Å². The first-order chi connectivity index (χ1) is 14.0. The number of carbonyl (C=O) groups excluding carboxylic acids is 2. The average molecular weight is 409 g/mol. The van der Waals surface area contributed by atoms with Gasteiger partial charge < -0.3 is 10.2 Å². The summed E-state index contributed by atoms with van der Waals surface area (Å²) >= 11 is 0. The zero-order chi connectivity index (χ0) is 22.1. The molecular formula is C23H27N3O4. The van der Waals surface area contributed by atoms with Crippen LogP contribution in [-0.4, -0.2) is 39.2 Å². The fourth-order valence-corrected chi connectivity index (χ4v) is 3.71. The van der Waals surface area contributed by atoms with Gasteiger partial charge in [0.25, 0.3) is 0 Å². The Bertz CT molecular complexity index is 936. The molecule has 0 bridgehead atoms. The first-order valence-corrected chi connectivity index (χ1v) is 9.92. The third kappa shape index (κ3) is 5.09. The van der Waals surface area contributed by atoms with E-state index < -0.39 is 0 Å². The molecule has 0 amide bonds. The maximum absolute atomic E-state index is 12.3. The molecule has 0 aliphatic heterocycles. The number of hydrogen-bond acceptors (Lipinski definition) is 7. The lowest BCUT2D eigenvalue weighted by molar-refractivity contribution is -0.118. The quantitative estimate of drug-likeness (QED) is 0.688. The summed E-state index contributed by atoms with van der Waals surface area (Å²) in [6.45, 7) is 7.74. The average Bonchev–Trinajstić information content (AvgIpc) is 2.58. The van der Waals surface area contributed by atoms with Crippen LogP contribution in [0.25, 0.3) is 0 Å². The minimum absolute atomic E-state index is 0.0373. The van der Waals surface area contributed by atoms with Gasteiger partial charge in [0.2, 0.25) is 0 Å². The molecule has 2 N–H and O–H groups in total. The molecule has 3 rings (SSSR count). The number of hydrogen-bond donors (Lipinski definition) is 2. The topological polar surface area (TPSA) is 112 Å². The van der Waals surface area contributed by atoms with Crippen molar-refractivity contribution in [1.29, 1.82) is 0 Å². The molecule has 0 aromatic carbocycles. The third-order valence-electron chi connectivity index (χ3n) is 5.16. The third-order valence-corrected chi connectivity index (χ3v) is 5.16. The first-order valence-electron chi connectivity index (χ1n) is 9.92. The number of allylic oxidation sites excluding steroid dienone is 4. The van der Waals surface area contributed by atoms with E-state index in [1.54, 1.807) is 18.2 Å². The second-order valence-electron chi connectivity index (χ2n) is 9.47. The Morgan fingerprint density at radius 1 is 0.800 bits per heavy atom. The number of carbonyl (C=O) groups is 2. The Kier molecular flexibility index (Phi) is 5.74. The van der Waals surface area contributed by atoms with Gasteiger partial charge in [-0.2, -0.15) is 0 Å². The van der Waals surface area contributed by atoms with Gasteiger partial charge in [0.1, 0.15) is 11.5 Å². The number of aliphatic hydroxyl groups excluding tert-OH is 2. The highest BCUT2D eigenvalue weighted by Crippen LogP contribution is 2.36. The van der Waals surface area contributed by atoms with Crippen LogP contribution in [0.1, 0.15) is 53.4 Å². The zero-order valence-corrected chi connectivity index (χ0v) is 17.8. The fraction of sp³-hybridized carbons (Fsp3) is 0.435. The molecule has 0 atom stereocenters. The number of pyridine rings is 1. The van der Waals surface area contributed by atoms with Gasteiger partial charge in [-0.05, 0) is 23.0 Å². The largest absolute Gasteiger partial charge is 0.511 e. The number of aliphatic imine (C=N–C) groups is 2. The second kappa shape index (κ2) is 7.97. The van der Waals surface area contributed by atoms with Crippen molar-refractivity contribution < 1.29 is 19.8 Å². The molecular weight excluding hydrogens is 382 g/mol. The SMILES string of the molecule is CC1(C)CC(=O)C(C=Nc2cccc(/N=C/C3=C(O)CC(C)(C)CC3=O)n2)=C(O)C1. The van der Waals surface area contributed by atoms with Gasteiger partial charge in [-0.3, -0.25) is 9.59 Å². The van der Waals surface area contributed by atoms with Gasteiger partial charge in [-0.15, -0.1) is 0 Å². The molecule has 1 aromatic heterocycles. The number of rotatable bonds is 4. The molecule has 2 aliphatic carbocycles. The van der Waals surface area contributed by atoms with Gasteiger partial charge >= 0.3 is 0 Å². The summed E-state index contributed by atoms with van der Waals surface area (Å²) < 4.78 is 0. The second-order valence-corrected chi connectivity index (χ2v) is 9.47. The summed E-state index contributed by atoms with van der Waals surface area (Å²) in [4.78, 5) is 37.2. The molecule has 7 heteroatoms. The van der Waals surface area contributed by atoms with Crippen LogP contribution in [0, 0.1) is 10.8 Å². The van der Waals surface area contributed by atoms with Crippen LogP contribution >= 0.6 is 0 Å². The zero-order valence-electron chi connectivity index (χ0n) is 17.8. The monoisotopic (exact) mass is 409 g/mol. The molecule has 0 spiro atoms. The molecule has 0 fully saturated rings. The molecule has 1 aromatic rings. The van der Waals surface area contributed by atoms with Crippen LogP contribution in [0.5, 0.6) is 0 Å². The van der Waals surface area contributed by atoms with E-state index in [-0.39, 0.29) is 45.1 Å². The van der Waals surface area contributed by atoms with E-state index in [4.69, 9.17) is 0 Å². The highest BCUT2D eigenvalue weighted by Gasteiger charge is 2.33. The summed E-state index contributed by atoms with van der Waals surface area (Å²) in [6.07, 6.45) is 4.20. The molecule has 0 saturated heterocycles. The van der Waals surface area contributed by atoms with Crippen LogP contribution in [0.3, 0.4) is 0 Å². The predicted octanol–water partition coefficient (Wildman–Crippen LogP) is 4.89. The Morgan fingerprint density at radius 3 is 1.57 bits per heavy atom. The number of aliphatic hydroxyl groups is 2. The van der Waals surface area contributed by atoms with Crippen molar-refractivity contribution >= 4 is 35.6 Å². The Balaban J connectivity index is 1.79. The van der Waals surface area contributed by atoms with Crippen LogP contribution < -0.4 is 0 Å². The van der Waals surface area contributed by atoms with Crippen LogP contribution in [0.15, 0.2) is 50.8 Å². The van der Waals surface area contributed by atoms with Crippen molar-refractivity contribution in [2.45, 2.75) is 53.4 Å². The van der Waals surface area contributed by atoms with Crippen LogP contribution in [-0.2, 0) is 9.59 Å². The molecule has 158 valence electrons. The maximum Gasteiger partial charge on any atom is 0.168 e. The van der Waals surface area contributed by atoms with Gasteiger partial charge in [-0.1, -0.05) is 33.8 Å². The normalized spacial score (nSPS) is 21.9. The molecule has 0 unspecified atom stereocenters. The van der Waals surface area contributed by atoms with Crippen molar-refractivity contribution in [1.82, 2.24) is 4.98 Å². The Morgan fingerprint density at radius 2 is 1.20 bits per heavy atom. The van der Waals surface area contributed by atoms with E-state index in [0.29, 0.717) is 37.3 Å². The smallest absolute Gasteiger partial charge is 0.168 e. The predicted molar refractivity (Wildman–Crippen MR) is 116 cm³/mol. The van der Waals surface area contributed by atoms with Gasteiger partial charge in [-0.25, -0.2) is 15.0 Å². The number of aromatic nitrogens is 1. The standard InChI is InChI=1S/C23H27N3O4/c1-22(2)8-16(27)14(17(28)9-22)12-24-20-6-5-7-21(26-20)25-13-15-18(29)10-23(3,4)11-19(15)30/h5-7,12-13,27,29H,8-11H2,1-4H3/b24-12+,25-13?. The molecule has 1 heterocycles. The molecule has 2 aliphatic rings.